The molecule has 0 aliphatic heterocycles. The molecule has 1 aromatic heterocycles. The normalized spacial score (nSPS) is 22.3. The number of pyridine rings is 1. The number of aromatic nitrogens is 1. The molecule has 1 fully saturated rings. The first-order valence-corrected chi connectivity index (χ1v) is 8.00. The van der Waals surface area contributed by atoms with Gasteiger partial charge in [0.1, 0.15) is 0 Å². The van der Waals surface area contributed by atoms with Gasteiger partial charge in [0.05, 0.1) is 23.1 Å². The lowest BCUT2D eigenvalue weighted by Crippen LogP contribution is -2.13. The molecule has 3 nitrogen and oxygen atoms in total. The summed E-state index contributed by atoms with van der Waals surface area (Å²) < 4.78 is 1.05. The van der Waals surface area contributed by atoms with Crippen molar-refractivity contribution in [2.75, 3.05) is 17.6 Å². The second-order valence-corrected chi connectivity index (χ2v) is 6.83. The topological polar surface area (TPSA) is 50.9 Å². The van der Waals surface area contributed by atoms with Crippen molar-refractivity contribution in [2.24, 2.45) is 11.8 Å². The fourth-order valence-electron chi connectivity index (χ4n) is 3.13. The van der Waals surface area contributed by atoms with E-state index in [0.29, 0.717) is 0 Å². The smallest absolute Gasteiger partial charge is 0.0743 e. The second kappa shape index (κ2) is 5.60. The van der Waals surface area contributed by atoms with Gasteiger partial charge in [0.2, 0.25) is 0 Å². The summed E-state index contributed by atoms with van der Waals surface area (Å²) in [6, 6.07) is 6.11. The van der Waals surface area contributed by atoms with Crippen LogP contribution in [0.1, 0.15) is 26.2 Å². The molecule has 1 saturated carbocycles. The standard InChI is InChI=1S/C16H20BrN3/c1-10-2-3-11(6-10)8-20-16-13-7-12(17)4-5-15(13)19-9-14(16)18/h4-5,7,9-11H,2-3,6,8,18H2,1H3,(H,19,20). The highest BCUT2D eigenvalue weighted by Crippen LogP contribution is 2.33. The number of hydrogen-bond donors (Lipinski definition) is 2. The van der Waals surface area contributed by atoms with Crippen LogP contribution in [0.15, 0.2) is 28.9 Å². The number of anilines is 2. The maximum Gasteiger partial charge on any atom is 0.0743 e. The molecule has 0 spiro atoms. The third kappa shape index (κ3) is 2.75. The SMILES string of the molecule is CC1CCC(CNc2c(N)cnc3ccc(Br)cc23)C1. The van der Waals surface area contributed by atoms with E-state index < -0.39 is 0 Å². The van der Waals surface area contributed by atoms with Crippen LogP contribution < -0.4 is 11.1 Å². The first-order chi connectivity index (χ1) is 9.63. The summed E-state index contributed by atoms with van der Waals surface area (Å²) in [6.07, 6.45) is 5.74. The van der Waals surface area contributed by atoms with Crippen molar-refractivity contribution in [2.45, 2.75) is 26.2 Å². The van der Waals surface area contributed by atoms with Crippen molar-refractivity contribution in [3.05, 3.63) is 28.9 Å². The van der Waals surface area contributed by atoms with E-state index in [1.54, 1.807) is 6.20 Å². The second-order valence-electron chi connectivity index (χ2n) is 5.92. The third-order valence-corrected chi connectivity index (χ3v) is 4.72. The number of nitrogen functional groups attached to an aromatic ring is 1. The summed E-state index contributed by atoms with van der Waals surface area (Å²) >= 11 is 3.52. The first kappa shape index (κ1) is 13.7. The van der Waals surface area contributed by atoms with Gasteiger partial charge in [-0.3, -0.25) is 4.98 Å². The number of hydrogen-bond acceptors (Lipinski definition) is 3. The summed E-state index contributed by atoms with van der Waals surface area (Å²) in [6.45, 7) is 3.34. The van der Waals surface area contributed by atoms with Gasteiger partial charge in [0.25, 0.3) is 0 Å². The molecule has 0 amide bonds. The van der Waals surface area contributed by atoms with E-state index in [9.17, 15) is 0 Å². The molecule has 3 rings (SSSR count). The van der Waals surface area contributed by atoms with E-state index in [4.69, 9.17) is 5.73 Å². The Bertz CT molecular complexity index is 621. The molecule has 0 bridgehead atoms. The lowest BCUT2D eigenvalue weighted by atomic mass is 10.1. The zero-order valence-electron chi connectivity index (χ0n) is 11.7. The molecule has 1 aliphatic rings. The Morgan fingerprint density at radius 2 is 2.25 bits per heavy atom. The lowest BCUT2D eigenvalue weighted by Gasteiger charge is -2.16. The van der Waals surface area contributed by atoms with E-state index in [2.05, 4.69) is 39.2 Å². The van der Waals surface area contributed by atoms with E-state index >= 15 is 0 Å². The fourth-order valence-corrected chi connectivity index (χ4v) is 3.50. The van der Waals surface area contributed by atoms with E-state index in [0.717, 1.165) is 45.1 Å². The highest BCUT2D eigenvalue weighted by atomic mass is 79.9. The quantitative estimate of drug-likeness (QED) is 0.873. The zero-order valence-corrected chi connectivity index (χ0v) is 13.3. The summed E-state index contributed by atoms with van der Waals surface area (Å²) in [5.74, 6) is 1.63. The molecule has 2 aromatic rings. The summed E-state index contributed by atoms with van der Waals surface area (Å²) in [5, 5.41) is 4.65. The van der Waals surface area contributed by atoms with Crippen LogP contribution in [0.2, 0.25) is 0 Å². The van der Waals surface area contributed by atoms with Crippen molar-refractivity contribution >= 4 is 38.2 Å². The van der Waals surface area contributed by atoms with Crippen LogP contribution >= 0.6 is 15.9 Å². The lowest BCUT2D eigenvalue weighted by molar-refractivity contribution is 0.537. The van der Waals surface area contributed by atoms with E-state index in [-0.39, 0.29) is 0 Å². The number of rotatable bonds is 3. The van der Waals surface area contributed by atoms with Crippen LogP contribution in [0.3, 0.4) is 0 Å². The van der Waals surface area contributed by atoms with Gasteiger partial charge in [-0.25, -0.2) is 0 Å². The molecular weight excluding hydrogens is 314 g/mol. The van der Waals surface area contributed by atoms with Crippen molar-refractivity contribution in [1.29, 1.82) is 0 Å². The average molecular weight is 334 g/mol. The number of halogens is 1. The largest absolute Gasteiger partial charge is 0.396 e. The Morgan fingerprint density at radius 3 is 3.00 bits per heavy atom. The minimum Gasteiger partial charge on any atom is -0.396 e. The Kier molecular flexibility index (Phi) is 3.83. The van der Waals surface area contributed by atoms with Gasteiger partial charge < -0.3 is 11.1 Å². The van der Waals surface area contributed by atoms with Crippen LogP contribution in [0.4, 0.5) is 11.4 Å². The first-order valence-electron chi connectivity index (χ1n) is 7.21. The fraction of sp³-hybridized carbons (Fsp3) is 0.438. The van der Waals surface area contributed by atoms with Crippen molar-refractivity contribution in [3.63, 3.8) is 0 Å². The number of nitrogens with two attached hydrogens (primary N) is 1. The van der Waals surface area contributed by atoms with Gasteiger partial charge in [-0.2, -0.15) is 0 Å². The van der Waals surface area contributed by atoms with Gasteiger partial charge in [-0.1, -0.05) is 29.3 Å². The van der Waals surface area contributed by atoms with Crippen LogP contribution in [0.25, 0.3) is 10.9 Å². The molecule has 2 unspecified atom stereocenters. The highest BCUT2D eigenvalue weighted by molar-refractivity contribution is 9.10. The maximum atomic E-state index is 6.11. The molecule has 0 radical (unpaired) electrons. The monoisotopic (exact) mass is 333 g/mol. The van der Waals surface area contributed by atoms with Crippen LogP contribution in [-0.4, -0.2) is 11.5 Å². The molecule has 1 aromatic carbocycles. The van der Waals surface area contributed by atoms with Crippen molar-refractivity contribution < 1.29 is 0 Å². The van der Waals surface area contributed by atoms with Crippen LogP contribution in [0, 0.1) is 11.8 Å². The Labute approximate surface area is 128 Å². The summed E-state index contributed by atoms with van der Waals surface area (Å²) in [5.41, 5.74) is 8.83. The number of nitrogens with one attached hydrogen (secondary N) is 1. The van der Waals surface area contributed by atoms with Crippen LogP contribution in [-0.2, 0) is 0 Å². The van der Waals surface area contributed by atoms with E-state index in [1.807, 2.05) is 12.1 Å². The molecule has 1 aliphatic carbocycles. The van der Waals surface area contributed by atoms with Crippen molar-refractivity contribution in [3.8, 4) is 0 Å². The average Bonchev–Trinajstić information content (AvgIpc) is 2.83. The number of benzene rings is 1. The maximum absolute atomic E-state index is 6.11. The molecule has 106 valence electrons. The summed E-state index contributed by atoms with van der Waals surface area (Å²) in [4.78, 5) is 4.39. The van der Waals surface area contributed by atoms with Gasteiger partial charge in [-0.15, -0.1) is 0 Å². The highest BCUT2D eigenvalue weighted by Gasteiger charge is 2.21. The number of fused-ring (bicyclic) bond motifs is 1. The zero-order chi connectivity index (χ0) is 14.1. The van der Waals surface area contributed by atoms with Gasteiger partial charge >= 0.3 is 0 Å². The molecular formula is C16H20BrN3. The predicted octanol–water partition coefficient (Wildman–Crippen LogP) is 4.43. The van der Waals surface area contributed by atoms with E-state index in [1.165, 1.54) is 19.3 Å². The third-order valence-electron chi connectivity index (χ3n) is 4.23. The van der Waals surface area contributed by atoms with Gasteiger partial charge in [0.15, 0.2) is 0 Å². The molecule has 1 heterocycles. The number of nitrogens with zero attached hydrogens (tertiary/aromatic N) is 1. The molecule has 2 atom stereocenters. The predicted molar refractivity (Wildman–Crippen MR) is 88.9 cm³/mol. The Balaban J connectivity index is 1.86. The molecule has 4 heteroatoms. The summed E-state index contributed by atoms with van der Waals surface area (Å²) in [7, 11) is 0. The molecule has 20 heavy (non-hydrogen) atoms. The van der Waals surface area contributed by atoms with Gasteiger partial charge in [0, 0.05) is 16.4 Å². The molecule has 3 N–H and O–H groups in total. The van der Waals surface area contributed by atoms with Crippen molar-refractivity contribution in [1.82, 2.24) is 4.98 Å². The van der Waals surface area contributed by atoms with Gasteiger partial charge in [-0.05, 0) is 42.9 Å². The molecule has 0 saturated heterocycles. The Hall–Kier alpha value is -1.29. The Morgan fingerprint density at radius 1 is 1.40 bits per heavy atom. The minimum atomic E-state index is 0.724. The minimum absolute atomic E-state index is 0.724. The van der Waals surface area contributed by atoms with Crippen LogP contribution in [0.5, 0.6) is 0 Å².